The largest absolute Gasteiger partial charge is 0.312 e. The number of nitrogens with zero attached hydrogens (tertiary/aromatic N) is 1. The molecule has 0 bridgehead atoms. The molecule has 2 heteroatoms. The molecular weight excluding hydrogens is 256 g/mol. The van der Waals surface area contributed by atoms with Gasteiger partial charge in [0.2, 0.25) is 0 Å². The van der Waals surface area contributed by atoms with Crippen molar-refractivity contribution < 1.29 is 0 Å². The second-order valence-electron chi connectivity index (χ2n) is 5.91. The predicted molar refractivity (Wildman–Crippen MR) is 87.5 cm³/mol. The van der Waals surface area contributed by atoms with E-state index in [0.29, 0.717) is 12.0 Å². The van der Waals surface area contributed by atoms with Crippen molar-refractivity contribution in [2.75, 3.05) is 7.05 Å². The summed E-state index contributed by atoms with van der Waals surface area (Å²) in [5.41, 5.74) is 5.50. The zero-order valence-corrected chi connectivity index (χ0v) is 13.0. The summed E-state index contributed by atoms with van der Waals surface area (Å²) in [6.07, 6.45) is 6.67. The molecule has 2 nitrogen and oxygen atoms in total. The van der Waals surface area contributed by atoms with Crippen LogP contribution >= 0.6 is 0 Å². The molecule has 1 aromatic carbocycles. The van der Waals surface area contributed by atoms with Crippen molar-refractivity contribution in [2.45, 2.75) is 44.6 Å². The average Bonchev–Trinajstić information content (AvgIpc) is 2.56. The predicted octanol–water partition coefficient (Wildman–Crippen LogP) is 4.02. The fourth-order valence-corrected chi connectivity index (χ4v) is 3.53. The molecule has 1 N–H and O–H groups in total. The van der Waals surface area contributed by atoms with Crippen LogP contribution in [0.4, 0.5) is 0 Å². The molecule has 1 aromatic heterocycles. The molecule has 2 aromatic rings. The summed E-state index contributed by atoms with van der Waals surface area (Å²) in [5.74, 6) is 0.479. The molecule has 0 aliphatic heterocycles. The van der Waals surface area contributed by atoms with Gasteiger partial charge < -0.3 is 5.32 Å². The van der Waals surface area contributed by atoms with Gasteiger partial charge in [-0.3, -0.25) is 4.98 Å². The van der Waals surface area contributed by atoms with Crippen molar-refractivity contribution in [3.8, 4) is 0 Å². The van der Waals surface area contributed by atoms with Gasteiger partial charge in [0.1, 0.15) is 0 Å². The lowest BCUT2D eigenvalue weighted by Gasteiger charge is -2.31. The van der Waals surface area contributed by atoms with E-state index in [4.69, 9.17) is 0 Å². The fourth-order valence-electron chi connectivity index (χ4n) is 3.53. The number of likely N-dealkylation sites (N-methyl/N-ethyl adjacent to an activating group) is 1. The van der Waals surface area contributed by atoms with Crippen LogP contribution < -0.4 is 5.32 Å². The highest BCUT2D eigenvalue weighted by Gasteiger charge is 2.29. The summed E-state index contributed by atoms with van der Waals surface area (Å²) < 4.78 is 0. The quantitative estimate of drug-likeness (QED) is 0.915. The smallest absolute Gasteiger partial charge is 0.0485 e. The number of aromatic nitrogens is 1. The minimum atomic E-state index is 0.352. The molecule has 0 spiro atoms. The standard InChI is InChI=1S/C19H24N2/c1-3-14-9-11-16(12-10-14)18(20-2)17-8-4-6-15-7-5-13-21-19(15)17/h5,7,9-13,17-18,20H,3-4,6,8H2,1-2H3. The summed E-state index contributed by atoms with van der Waals surface area (Å²) in [4.78, 5) is 4.69. The summed E-state index contributed by atoms with van der Waals surface area (Å²) >= 11 is 0. The Morgan fingerprint density at radius 3 is 2.76 bits per heavy atom. The van der Waals surface area contributed by atoms with E-state index in [2.05, 4.69) is 60.7 Å². The third kappa shape index (κ3) is 2.86. The SMILES string of the molecule is CCc1ccc(C(NC)C2CCCc3cccnc32)cc1. The third-order valence-corrected chi connectivity index (χ3v) is 4.70. The van der Waals surface area contributed by atoms with Crippen LogP contribution in [0.15, 0.2) is 42.6 Å². The van der Waals surface area contributed by atoms with E-state index in [9.17, 15) is 0 Å². The van der Waals surface area contributed by atoms with E-state index in [0.717, 1.165) is 6.42 Å². The highest BCUT2D eigenvalue weighted by atomic mass is 14.9. The van der Waals surface area contributed by atoms with E-state index in [1.165, 1.54) is 41.6 Å². The van der Waals surface area contributed by atoms with Crippen molar-refractivity contribution in [1.82, 2.24) is 10.3 Å². The molecule has 2 unspecified atom stereocenters. The lowest BCUT2D eigenvalue weighted by atomic mass is 9.79. The van der Waals surface area contributed by atoms with E-state index in [1.807, 2.05) is 6.20 Å². The van der Waals surface area contributed by atoms with Crippen LogP contribution in [0.2, 0.25) is 0 Å². The molecule has 0 saturated heterocycles. The van der Waals surface area contributed by atoms with Crippen LogP contribution in [0.5, 0.6) is 0 Å². The number of aryl methyl sites for hydroxylation is 2. The van der Waals surface area contributed by atoms with E-state index >= 15 is 0 Å². The van der Waals surface area contributed by atoms with Crippen LogP contribution in [0.1, 0.15) is 54.1 Å². The Bertz CT molecular complexity index is 589. The first-order valence-corrected chi connectivity index (χ1v) is 8.03. The Hall–Kier alpha value is -1.67. The topological polar surface area (TPSA) is 24.9 Å². The van der Waals surface area contributed by atoms with Gasteiger partial charge in [0.05, 0.1) is 0 Å². The molecule has 0 amide bonds. The minimum absolute atomic E-state index is 0.352. The Morgan fingerprint density at radius 2 is 2.05 bits per heavy atom. The van der Waals surface area contributed by atoms with E-state index < -0.39 is 0 Å². The lowest BCUT2D eigenvalue weighted by molar-refractivity contribution is 0.416. The molecule has 21 heavy (non-hydrogen) atoms. The van der Waals surface area contributed by atoms with Gasteiger partial charge in [0.25, 0.3) is 0 Å². The van der Waals surface area contributed by atoms with Gasteiger partial charge in [0.15, 0.2) is 0 Å². The van der Waals surface area contributed by atoms with Gasteiger partial charge in [-0.05, 0) is 55.5 Å². The van der Waals surface area contributed by atoms with Crippen LogP contribution in [0.25, 0.3) is 0 Å². The van der Waals surface area contributed by atoms with Gasteiger partial charge in [-0.2, -0.15) is 0 Å². The monoisotopic (exact) mass is 280 g/mol. The number of nitrogens with one attached hydrogen (secondary N) is 1. The maximum atomic E-state index is 4.69. The van der Waals surface area contributed by atoms with Gasteiger partial charge in [0, 0.05) is 23.9 Å². The number of pyridine rings is 1. The fraction of sp³-hybridized carbons (Fsp3) is 0.421. The maximum Gasteiger partial charge on any atom is 0.0485 e. The van der Waals surface area contributed by atoms with Gasteiger partial charge >= 0.3 is 0 Å². The van der Waals surface area contributed by atoms with Crippen molar-refractivity contribution in [1.29, 1.82) is 0 Å². The van der Waals surface area contributed by atoms with Crippen LogP contribution in [-0.2, 0) is 12.8 Å². The summed E-state index contributed by atoms with van der Waals surface area (Å²) in [6, 6.07) is 13.7. The summed E-state index contributed by atoms with van der Waals surface area (Å²) in [5, 5.41) is 3.53. The third-order valence-electron chi connectivity index (χ3n) is 4.70. The average molecular weight is 280 g/mol. The molecule has 3 rings (SSSR count). The van der Waals surface area contributed by atoms with Crippen molar-refractivity contribution in [2.24, 2.45) is 0 Å². The van der Waals surface area contributed by atoms with Gasteiger partial charge in [-0.15, -0.1) is 0 Å². The zero-order valence-electron chi connectivity index (χ0n) is 13.0. The molecule has 1 aliphatic carbocycles. The number of fused-ring (bicyclic) bond motifs is 1. The number of rotatable bonds is 4. The highest BCUT2D eigenvalue weighted by molar-refractivity contribution is 5.32. The molecule has 0 radical (unpaired) electrons. The van der Waals surface area contributed by atoms with Crippen molar-refractivity contribution >= 4 is 0 Å². The number of benzene rings is 1. The number of hydrogen-bond donors (Lipinski definition) is 1. The summed E-state index contributed by atoms with van der Waals surface area (Å²) in [6.45, 7) is 2.20. The Labute approximate surface area is 127 Å². The van der Waals surface area contributed by atoms with E-state index in [-0.39, 0.29) is 0 Å². The molecule has 0 fully saturated rings. The molecule has 1 heterocycles. The normalized spacial score (nSPS) is 19.0. The maximum absolute atomic E-state index is 4.69. The van der Waals surface area contributed by atoms with Crippen LogP contribution in [0.3, 0.4) is 0 Å². The van der Waals surface area contributed by atoms with Gasteiger partial charge in [-0.25, -0.2) is 0 Å². The Kier molecular flexibility index (Phi) is 4.35. The minimum Gasteiger partial charge on any atom is -0.312 e. The zero-order chi connectivity index (χ0) is 14.7. The highest BCUT2D eigenvalue weighted by Crippen LogP contribution is 2.39. The van der Waals surface area contributed by atoms with Crippen LogP contribution in [0, 0.1) is 0 Å². The Balaban J connectivity index is 1.93. The first-order chi connectivity index (χ1) is 10.3. The first kappa shape index (κ1) is 14.3. The molecule has 110 valence electrons. The Morgan fingerprint density at radius 1 is 1.24 bits per heavy atom. The molecule has 1 aliphatic rings. The first-order valence-electron chi connectivity index (χ1n) is 8.03. The lowest BCUT2D eigenvalue weighted by Crippen LogP contribution is -2.27. The molecule has 2 atom stereocenters. The van der Waals surface area contributed by atoms with Crippen LogP contribution in [-0.4, -0.2) is 12.0 Å². The van der Waals surface area contributed by atoms with Crippen molar-refractivity contribution in [3.63, 3.8) is 0 Å². The number of hydrogen-bond acceptors (Lipinski definition) is 2. The molecular formula is C19H24N2. The van der Waals surface area contributed by atoms with Gasteiger partial charge in [-0.1, -0.05) is 37.3 Å². The second kappa shape index (κ2) is 6.40. The van der Waals surface area contributed by atoms with Crippen molar-refractivity contribution in [3.05, 3.63) is 65.0 Å². The van der Waals surface area contributed by atoms with E-state index in [1.54, 1.807) is 0 Å². The molecule has 0 saturated carbocycles. The second-order valence-corrected chi connectivity index (χ2v) is 5.91. The summed E-state index contributed by atoms with van der Waals surface area (Å²) in [7, 11) is 2.07.